The Morgan fingerprint density at radius 1 is 1.04 bits per heavy atom. The number of thiazole rings is 1. The van der Waals surface area contributed by atoms with Crippen LogP contribution in [0.1, 0.15) is 42.7 Å². The summed E-state index contributed by atoms with van der Waals surface area (Å²) in [5.41, 5.74) is 2.78. The molecule has 0 unspecified atom stereocenters. The highest BCUT2D eigenvalue weighted by atomic mass is 32.1. The largest absolute Gasteiger partial charge is 0.367 e. The van der Waals surface area contributed by atoms with E-state index in [9.17, 15) is 5.26 Å². The summed E-state index contributed by atoms with van der Waals surface area (Å²) < 4.78 is 1.18. The van der Waals surface area contributed by atoms with Crippen LogP contribution in [0.3, 0.4) is 0 Å². The summed E-state index contributed by atoms with van der Waals surface area (Å²) in [5, 5.41) is 11.7. The van der Waals surface area contributed by atoms with Crippen LogP contribution < -0.4 is 4.90 Å². The molecule has 5 rings (SSSR count). The van der Waals surface area contributed by atoms with Gasteiger partial charge in [0.25, 0.3) is 0 Å². The zero-order valence-corrected chi connectivity index (χ0v) is 16.4. The Morgan fingerprint density at radius 2 is 1.78 bits per heavy atom. The van der Waals surface area contributed by atoms with Crippen molar-refractivity contribution >= 4 is 27.2 Å². The second kappa shape index (κ2) is 6.07. The van der Waals surface area contributed by atoms with Crippen molar-refractivity contribution in [2.24, 2.45) is 0 Å². The van der Waals surface area contributed by atoms with E-state index in [1.807, 2.05) is 6.07 Å². The lowest BCUT2D eigenvalue weighted by Crippen LogP contribution is -2.65. The average Bonchev–Trinajstić information content (AvgIpc) is 3.16. The van der Waals surface area contributed by atoms with E-state index < -0.39 is 5.41 Å². The first-order chi connectivity index (χ1) is 13.2. The van der Waals surface area contributed by atoms with Gasteiger partial charge in [-0.15, -0.1) is 11.3 Å². The van der Waals surface area contributed by atoms with Gasteiger partial charge in [0.1, 0.15) is 10.4 Å². The van der Waals surface area contributed by atoms with E-state index in [-0.39, 0.29) is 5.54 Å². The molecule has 0 saturated heterocycles. The van der Waals surface area contributed by atoms with Gasteiger partial charge in [-0.05, 0) is 36.6 Å². The van der Waals surface area contributed by atoms with E-state index in [2.05, 4.69) is 60.5 Å². The lowest BCUT2D eigenvalue weighted by atomic mass is 9.58. The fourth-order valence-corrected chi connectivity index (χ4v) is 6.57. The van der Waals surface area contributed by atoms with Gasteiger partial charge in [0, 0.05) is 19.2 Å². The Morgan fingerprint density at radius 3 is 2.56 bits per heavy atom. The Bertz CT molecular complexity index is 1010. The predicted octanol–water partition coefficient (Wildman–Crippen LogP) is 5.45. The van der Waals surface area contributed by atoms with Crippen LogP contribution >= 0.6 is 11.3 Å². The van der Waals surface area contributed by atoms with E-state index in [1.54, 1.807) is 11.3 Å². The Kier molecular flexibility index (Phi) is 3.77. The molecule has 1 aromatic heterocycles. The molecular formula is C23H23N3S. The smallest absolute Gasteiger partial charge is 0.136 e. The number of nitrogens with zero attached hydrogens (tertiary/aromatic N) is 3. The highest BCUT2D eigenvalue weighted by Crippen LogP contribution is 2.55. The monoisotopic (exact) mass is 373 g/mol. The van der Waals surface area contributed by atoms with Crippen molar-refractivity contribution < 1.29 is 0 Å². The minimum atomic E-state index is -0.597. The molecule has 4 heteroatoms. The predicted molar refractivity (Wildman–Crippen MR) is 111 cm³/mol. The van der Waals surface area contributed by atoms with Crippen molar-refractivity contribution in [1.29, 1.82) is 5.26 Å². The number of anilines is 1. The molecule has 2 heterocycles. The second-order valence-electron chi connectivity index (χ2n) is 7.96. The molecule has 3 nitrogen and oxygen atoms in total. The van der Waals surface area contributed by atoms with Crippen molar-refractivity contribution in [2.45, 2.75) is 49.5 Å². The number of para-hydroxylation sites is 2. The summed E-state index contributed by atoms with van der Waals surface area (Å²) >= 11 is 1.71. The third-order valence-corrected chi connectivity index (χ3v) is 7.97. The lowest BCUT2D eigenvalue weighted by molar-refractivity contribution is 0.178. The Balaban J connectivity index is 1.78. The minimum absolute atomic E-state index is 0.178. The molecule has 0 radical (unpaired) electrons. The minimum Gasteiger partial charge on any atom is -0.367 e. The average molecular weight is 374 g/mol. The standard InChI is InChI=1S/C23H23N3S/c1-26-19-11-5-3-9-17(19)15-22(16-24,23(26)13-7-2-8-14-23)21-25-18-10-4-6-12-20(18)27-21/h3-6,9-12H,2,7-8,13-15H2,1H3/t22-/m1/s1. The van der Waals surface area contributed by atoms with Gasteiger partial charge in [-0.25, -0.2) is 4.98 Å². The second-order valence-corrected chi connectivity index (χ2v) is 8.99. The molecule has 1 aliphatic carbocycles. The van der Waals surface area contributed by atoms with Crippen molar-refractivity contribution in [3.05, 3.63) is 59.1 Å². The molecule has 1 atom stereocenters. The van der Waals surface area contributed by atoms with Crippen LogP contribution in [0, 0.1) is 11.3 Å². The summed E-state index contributed by atoms with van der Waals surface area (Å²) in [6.07, 6.45) is 6.49. The third kappa shape index (κ3) is 2.21. The van der Waals surface area contributed by atoms with Crippen LogP contribution in [-0.2, 0) is 11.8 Å². The Hall–Kier alpha value is -2.38. The summed E-state index contributed by atoms with van der Waals surface area (Å²) in [6, 6.07) is 19.7. The van der Waals surface area contributed by atoms with Gasteiger partial charge in [-0.1, -0.05) is 49.6 Å². The molecule has 1 saturated carbocycles. The molecule has 27 heavy (non-hydrogen) atoms. The quantitative estimate of drug-likeness (QED) is 0.569. The van der Waals surface area contributed by atoms with Gasteiger partial charge < -0.3 is 4.90 Å². The highest BCUT2D eigenvalue weighted by Gasteiger charge is 2.60. The van der Waals surface area contributed by atoms with E-state index >= 15 is 0 Å². The fraction of sp³-hybridized carbons (Fsp3) is 0.391. The van der Waals surface area contributed by atoms with Crippen LogP contribution in [0.5, 0.6) is 0 Å². The zero-order valence-electron chi connectivity index (χ0n) is 15.6. The van der Waals surface area contributed by atoms with Crippen LogP contribution in [0.2, 0.25) is 0 Å². The molecule has 1 aliphatic heterocycles. The summed E-state index contributed by atoms with van der Waals surface area (Å²) in [7, 11) is 2.20. The number of nitriles is 1. The van der Waals surface area contributed by atoms with Crippen LogP contribution in [0.25, 0.3) is 10.2 Å². The SMILES string of the molecule is CN1c2ccccc2C[C@@](C#N)(c2nc3ccccc3s2)C12CCCCC2. The first-order valence-electron chi connectivity index (χ1n) is 9.79. The fourth-order valence-electron chi connectivity index (χ4n) is 5.37. The van der Waals surface area contributed by atoms with Gasteiger partial charge in [0.2, 0.25) is 0 Å². The molecule has 0 N–H and O–H groups in total. The van der Waals surface area contributed by atoms with Crippen molar-refractivity contribution in [2.75, 3.05) is 11.9 Å². The zero-order chi connectivity index (χ0) is 18.5. The molecule has 2 aromatic carbocycles. The number of benzene rings is 2. The molecule has 136 valence electrons. The number of hydrogen-bond acceptors (Lipinski definition) is 4. The number of likely N-dealkylation sites (N-methyl/N-ethyl adjacent to an activating group) is 1. The molecule has 1 fully saturated rings. The van der Waals surface area contributed by atoms with Crippen LogP contribution in [0.15, 0.2) is 48.5 Å². The topological polar surface area (TPSA) is 39.9 Å². The summed E-state index contributed by atoms with van der Waals surface area (Å²) in [4.78, 5) is 7.44. The lowest BCUT2D eigenvalue weighted by Gasteiger charge is -2.57. The number of hydrogen-bond donors (Lipinski definition) is 0. The van der Waals surface area contributed by atoms with Crippen molar-refractivity contribution in [3.63, 3.8) is 0 Å². The summed E-state index contributed by atoms with van der Waals surface area (Å²) in [5.74, 6) is 0. The van der Waals surface area contributed by atoms with Gasteiger partial charge >= 0.3 is 0 Å². The van der Waals surface area contributed by atoms with Crippen molar-refractivity contribution in [3.8, 4) is 6.07 Å². The molecule has 0 bridgehead atoms. The van der Waals surface area contributed by atoms with E-state index in [0.717, 1.165) is 29.8 Å². The number of fused-ring (bicyclic) bond motifs is 2. The highest BCUT2D eigenvalue weighted by molar-refractivity contribution is 7.18. The maximum atomic E-state index is 10.7. The molecule has 2 aliphatic rings. The van der Waals surface area contributed by atoms with E-state index in [4.69, 9.17) is 4.98 Å². The number of rotatable bonds is 1. The van der Waals surface area contributed by atoms with Gasteiger partial charge in [-0.2, -0.15) is 5.26 Å². The van der Waals surface area contributed by atoms with Gasteiger partial charge in [-0.3, -0.25) is 0 Å². The molecule has 3 aromatic rings. The van der Waals surface area contributed by atoms with E-state index in [1.165, 1.54) is 35.2 Å². The first-order valence-corrected chi connectivity index (χ1v) is 10.6. The van der Waals surface area contributed by atoms with Gasteiger partial charge in [0.15, 0.2) is 0 Å². The number of aromatic nitrogens is 1. The molecule has 0 amide bonds. The van der Waals surface area contributed by atoms with Crippen molar-refractivity contribution in [1.82, 2.24) is 4.98 Å². The van der Waals surface area contributed by atoms with Crippen LogP contribution in [-0.4, -0.2) is 17.6 Å². The summed E-state index contributed by atoms with van der Waals surface area (Å²) in [6.45, 7) is 0. The maximum Gasteiger partial charge on any atom is 0.136 e. The first kappa shape index (κ1) is 16.8. The van der Waals surface area contributed by atoms with E-state index in [0.29, 0.717) is 0 Å². The maximum absolute atomic E-state index is 10.7. The third-order valence-electron chi connectivity index (χ3n) is 6.78. The molecular weight excluding hydrogens is 350 g/mol. The molecule has 1 spiro atoms. The van der Waals surface area contributed by atoms with Crippen LogP contribution in [0.4, 0.5) is 5.69 Å². The van der Waals surface area contributed by atoms with Gasteiger partial charge in [0.05, 0.1) is 21.8 Å². The normalized spacial score (nSPS) is 23.9. The Labute approximate surface area is 164 Å².